The maximum absolute atomic E-state index is 11.4. The van der Waals surface area contributed by atoms with Crippen LogP contribution in [0.1, 0.15) is 30.6 Å². The number of halogens is 1. The van der Waals surface area contributed by atoms with E-state index in [1.807, 2.05) is 12.1 Å². The van der Waals surface area contributed by atoms with E-state index in [2.05, 4.69) is 21.4 Å². The fourth-order valence-corrected chi connectivity index (χ4v) is 3.08. The maximum Gasteiger partial charge on any atom is 0.267 e. The first kappa shape index (κ1) is 12.8. The molecule has 3 nitrogen and oxygen atoms in total. The zero-order chi connectivity index (χ0) is 12.1. The molecule has 1 aliphatic rings. The van der Waals surface area contributed by atoms with E-state index in [0.717, 1.165) is 21.5 Å². The van der Waals surface area contributed by atoms with Crippen LogP contribution < -0.4 is 5.48 Å². The molecule has 0 atom stereocenters. The molecule has 1 fully saturated rings. The molecule has 1 N–H and O–H groups in total. The molecular formula is C12H14BrNO2S. The molecule has 5 heteroatoms. The Balaban J connectivity index is 1.74. The molecule has 0 radical (unpaired) electrons. The first-order chi connectivity index (χ1) is 8.24. The predicted octanol–water partition coefficient (Wildman–Crippen LogP) is 3.51. The Morgan fingerprint density at radius 1 is 1.47 bits per heavy atom. The summed E-state index contributed by atoms with van der Waals surface area (Å²) in [6.07, 6.45) is 7.95. The first-order valence-corrected chi connectivity index (χ1v) is 7.24. The standard InChI is InChI=1S/C12H14BrNO2S/c13-11-7-5-10(17-11)6-8-12(15)14-16-9-3-1-2-4-9/h5-9H,1-4H2,(H,14,15)/b8-6+. The molecule has 1 aliphatic carbocycles. The van der Waals surface area contributed by atoms with Gasteiger partial charge in [0, 0.05) is 11.0 Å². The monoisotopic (exact) mass is 315 g/mol. The van der Waals surface area contributed by atoms with Gasteiger partial charge in [0.25, 0.3) is 5.91 Å². The van der Waals surface area contributed by atoms with E-state index >= 15 is 0 Å². The topological polar surface area (TPSA) is 38.3 Å². The number of nitrogens with one attached hydrogen (secondary N) is 1. The van der Waals surface area contributed by atoms with Crippen molar-refractivity contribution >= 4 is 39.2 Å². The lowest BCUT2D eigenvalue weighted by molar-refractivity contribution is -0.132. The highest BCUT2D eigenvalue weighted by molar-refractivity contribution is 9.11. The second-order valence-electron chi connectivity index (χ2n) is 3.97. The van der Waals surface area contributed by atoms with E-state index < -0.39 is 0 Å². The predicted molar refractivity (Wildman–Crippen MR) is 72.5 cm³/mol. The fraction of sp³-hybridized carbons (Fsp3) is 0.417. The van der Waals surface area contributed by atoms with E-state index in [-0.39, 0.29) is 12.0 Å². The molecular weight excluding hydrogens is 302 g/mol. The normalized spacial score (nSPS) is 16.8. The van der Waals surface area contributed by atoms with Crippen molar-refractivity contribution in [2.45, 2.75) is 31.8 Å². The molecule has 1 saturated carbocycles. The number of hydrogen-bond donors (Lipinski definition) is 1. The van der Waals surface area contributed by atoms with Gasteiger partial charge in [-0.1, -0.05) is 12.8 Å². The van der Waals surface area contributed by atoms with Gasteiger partial charge in [-0.05, 0) is 47.0 Å². The van der Waals surface area contributed by atoms with Crippen molar-refractivity contribution in [1.29, 1.82) is 0 Å². The molecule has 0 bridgehead atoms. The lowest BCUT2D eigenvalue weighted by atomic mass is 10.3. The average Bonchev–Trinajstić information content (AvgIpc) is 2.95. The van der Waals surface area contributed by atoms with Gasteiger partial charge in [-0.2, -0.15) is 0 Å². The fourth-order valence-electron chi connectivity index (χ4n) is 1.76. The average molecular weight is 316 g/mol. The van der Waals surface area contributed by atoms with Crippen molar-refractivity contribution < 1.29 is 9.63 Å². The van der Waals surface area contributed by atoms with Gasteiger partial charge in [0.2, 0.25) is 0 Å². The highest BCUT2D eigenvalue weighted by Gasteiger charge is 2.16. The molecule has 2 rings (SSSR count). The molecule has 1 heterocycles. The van der Waals surface area contributed by atoms with Gasteiger partial charge < -0.3 is 0 Å². The Hall–Kier alpha value is -0.650. The van der Waals surface area contributed by atoms with Crippen molar-refractivity contribution in [3.63, 3.8) is 0 Å². The van der Waals surface area contributed by atoms with Gasteiger partial charge in [-0.25, -0.2) is 5.48 Å². The third-order valence-electron chi connectivity index (χ3n) is 2.62. The Kier molecular flexibility index (Phi) is 4.76. The highest BCUT2D eigenvalue weighted by Crippen LogP contribution is 2.23. The molecule has 1 aromatic rings. The molecule has 0 aliphatic heterocycles. The summed E-state index contributed by atoms with van der Waals surface area (Å²) in [5, 5.41) is 0. The van der Waals surface area contributed by atoms with Gasteiger partial charge in [0.15, 0.2) is 0 Å². The second kappa shape index (κ2) is 6.33. The summed E-state index contributed by atoms with van der Waals surface area (Å²) in [4.78, 5) is 17.8. The van der Waals surface area contributed by atoms with Crippen molar-refractivity contribution in [2.75, 3.05) is 0 Å². The van der Waals surface area contributed by atoms with Crippen molar-refractivity contribution in [1.82, 2.24) is 5.48 Å². The van der Waals surface area contributed by atoms with E-state index in [4.69, 9.17) is 4.84 Å². The Morgan fingerprint density at radius 3 is 2.88 bits per heavy atom. The van der Waals surface area contributed by atoms with Crippen LogP contribution in [0.2, 0.25) is 0 Å². The smallest absolute Gasteiger partial charge is 0.267 e. The van der Waals surface area contributed by atoms with Crippen LogP contribution in [0.25, 0.3) is 6.08 Å². The molecule has 1 amide bonds. The van der Waals surface area contributed by atoms with Gasteiger partial charge in [-0.15, -0.1) is 11.3 Å². The minimum atomic E-state index is -0.207. The number of carbonyl (C=O) groups excluding carboxylic acids is 1. The van der Waals surface area contributed by atoms with E-state index in [9.17, 15) is 4.79 Å². The van der Waals surface area contributed by atoms with Crippen LogP contribution in [0.3, 0.4) is 0 Å². The molecule has 0 saturated heterocycles. The quantitative estimate of drug-likeness (QED) is 0.682. The lowest BCUT2D eigenvalue weighted by Gasteiger charge is -2.09. The second-order valence-corrected chi connectivity index (χ2v) is 6.46. The summed E-state index contributed by atoms with van der Waals surface area (Å²) in [5.41, 5.74) is 2.47. The largest absolute Gasteiger partial charge is 0.270 e. The number of amides is 1. The van der Waals surface area contributed by atoms with E-state index in [1.54, 1.807) is 17.4 Å². The maximum atomic E-state index is 11.4. The minimum absolute atomic E-state index is 0.197. The molecule has 0 spiro atoms. The Morgan fingerprint density at radius 2 is 2.24 bits per heavy atom. The van der Waals surface area contributed by atoms with E-state index in [0.29, 0.717) is 0 Å². The third kappa shape index (κ3) is 4.26. The minimum Gasteiger partial charge on any atom is -0.270 e. The van der Waals surface area contributed by atoms with E-state index in [1.165, 1.54) is 18.9 Å². The van der Waals surface area contributed by atoms with Crippen LogP contribution in [-0.2, 0) is 9.63 Å². The molecule has 92 valence electrons. The SMILES string of the molecule is O=C(/C=C/c1ccc(Br)s1)NOC1CCCC1. The zero-order valence-corrected chi connectivity index (χ0v) is 11.7. The summed E-state index contributed by atoms with van der Waals surface area (Å²) in [5.74, 6) is -0.207. The number of thiophene rings is 1. The van der Waals surface area contributed by atoms with Crippen LogP contribution in [0.4, 0.5) is 0 Å². The van der Waals surface area contributed by atoms with Crippen LogP contribution >= 0.6 is 27.3 Å². The molecule has 1 aromatic heterocycles. The third-order valence-corrected chi connectivity index (χ3v) is 4.21. The van der Waals surface area contributed by atoms with Crippen LogP contribution in [0.5, 0.6) is 0 Å². The summed E-state index contributed by atoms with van der Waals surface area (Å²) in [6.45, 7) is 0. The Bertz CT molecular complexity index is 410. The van der Waals surface area contributed by atoms with Gasteiger partial charge in [0.05, 0.1) is 9.89 Å². The number of rotatable bonds is 4. The van der Waals surface area contributed by atoms with Gasteiger partial charge in [-0.3, -0.25) is 9.63 Å². The summed E-state index contributed by atoms with van der Waals surface area (Å²) < 4.78 is 1.06. The van der Waals surface area contributed by atoms with Crippen molar-refractivity contribution in [3.8, 4) is 0 Å². The van der Waals surface area contributed by atoms with Crippen molar-refractivity contribution in [2.24, 2.45) is 0 Å². The van der Waals surface area contributed by atoms with Crippen molar-refractivity contribution in [3.05, 3.63) is 26.9 Å². The summed E-state index contributed by atoms with van der Waals surface area (Å²) in [7, 11) is 0. The zero-order valence-electron chi connectivity index (χ0n) is 9.32. The van der Waals surface area contributed by atoms with Crippen LogP contribution in [-0.4, -0.2) is 12.0 Å². The highest BCUT2D eigenvalue weighted by atomic mass is 79.9. The molecule has 0 unspecified atom stereocenters. The first-order valence-electron chi connectivity index (χ1n) is 5.63. The van der Waals surface area contributed by atoms with Crippen LogP contribution in [0.15, 0.2) is 22.0 Å². The number of carbonyl (C=O) groups is 1. The Labute approximate surface area is 113 Å². The lowest BCUT2D eigenvalue weighted by Crippen LogP contribution is -2.26. The molecule has 0 aromatic carbocycles. The van der Waals surface area contributed by atoms with Crippen LogP contribution in [0, 0.1) is 0 Å². The summed E-state index contributed by atoms with van der Waals surface area (Å²) >= 11 is 4.96. The van der Waals surface area contributed by atoms with Gasteiger partial charge >= 0.3 is 0 Å². The molecule has 17 heavy (non-hydrogen) atoms. The number of hydroxylamine groups is 1. The van der Waals surface area contributed by atoms with Gasteiger partial charge in [0.1, 0.15) is 0 Å². The number of hydrogen-bond acceptors (Lipinski definition) is 3. The summed E-state index contributed by atoms with van der Waals surface area (Å²) in [6, 6.07) is 3.91.